The Bertz CT molecular complexity index is 326. The zero-order chi connectivity index (χ0) is 10.8. The molecule has 15 heavy (non-hydrogen) atoms. The van der Waals surface area contributed by atoms with Crippen LogP contribution < -0.4 is 10.6 Å². The van der Waals surface area contributed by atoms with E-state index in [-0.39, 0.29) is 6.17 Å². The molecule has 6 heteroatoms. The summed E-state index contributed by atoms with van der Waals surface area (Å²) in [5.74, 6) is -0.823. The van der Waals surface area contributed by atoms with Crippen LogP contribution in [0.15, 0.2) is 16.9 Å². The van der Waals surface area contributed by atoms with Crippen LogP contribution >= 0.6 is 0 Å². The molecule has 0 saturated heterocycles. The van der Waals surface area contributed by atoms with Gasteiger partial charge in [-0.1, -0.05) is 6.92 Å². The number of carbonyl (C=O) groups is 1. The predicted molar refractivity (Wildman–Crippen MR) is 55.1 cm³/mol. The molecule has 0 bridgehead atoms. The first-order valence-electron chi connectivity index (χ1n) is 4.95. The fourth-order valence-electron chi connectivity index (χ4n) is 1.80. The second-order valence-corrected chi connectivity index (χ2v) is 3.49. The molecule has 0 aliphatic carbocycles. The Kier molecular flexibility index (Phi) is 2.59. The van der Waals surface area contributed by atoms with Gasteiger partial charge in [0.25, 0.3) is 0 Å². The Hall–Kier alpha value is -1.56. The zero-order valence-corrected chi connectivity index (χ0v) is 8.47. The molecule has 0 spiro atoms. The van der Waals surface area contributed by atoms with Crippen LogP contribution in [-0.4, -0.2) is 41.2 Å². The Balaban J connectivity index is 2.20. The largest absolute Gasteiger partial charge is 0.480 e. The van der Waals surface area contributed by atoms with Crippen molar-refractivity contribution in [2.75, 3.05) is 6.67 Å². The van der Waals surface area contributed by atoms with Crippen molar-refractivity contribution in [2.45, 2.75) is 25.6 Å². The van der Waals surface area contributed by atoms with E-state index in [4.69, 9.17) is 5.11 Å². The van der Waals surface area contributed by atoms with Gasteiger partial charge >= 0.3 is 5.97 Å². The van der Waals surface area contributed by atoms with Crippen LogP contribution in [0.4, 0.5) is 0 Å². The van der Waals surface area contributed by atoms with Gasteiger partial charge in [0, 0.05) is 6.20 Å². The normalized spacial score (nSPS) is 25.5. The second kappa shape index (κ2) is 3.90. The molecular weight excluding hydrogens is 196 g/mol. The van der Waals surface area contributed by atoms with Crippen molar-refractivity contribution in [1.29, 1.82) is 0 Å². The topological polar surface area (TPSA) is 77.0 Å². The highest BCUT2D eigenvalue weighted by Gasteiger charge is 2.33. The van der Waals surface area contributed by atoms with Crippen molar-refractivity contribution in [3.63, 3.8) is 0 Å². The third-order valence-corrected chi connectivity index (χ3v) is 2.57. The maximum absolute atomic E-state index is 11.0. The van der Waals surface area contributed by atoms with Crippen molar-refractivity contribution < 1.29 is 9.90 Å². The first-order chi connectivity index (χ1) is 7.24. The van der Waals surface area contributed by atoms with Crippen molar-refractivity contribution >= 4 is 12.3 Å². The molecule has 0 amide bonds. The fourth-order valence-corrected chi connectivity index (χ4v) is 1.80. The van der Waals surface area contributed by atoms with Gasteiger partial charge in [0.05, 0.1) is 18.7 Å². The number of aliphatic carboxylic acids is 1. The molecule has 3 N–H and O–H groups in total. The number of hydrogen-bond donors (Lipinski definition) is 3. The number of nitrogens with zero attached hydrogens (tertiary/aromatic N) is 2. The number of rotatable bonds is 3. The molecule has 0 radical (unpaired) electrons. The lowest BCUT2D eigenvalue weighted by Crippen LogP contribution is -2.45. The Morgan fingerprint density at radius 1 is 1.87 bits per heavy atom. The van der Waals surface area contributed by atoms with Crippen LogP contribution in [0.25, 0.3) is 0 Å². The van der Waals surface area contributed by atoms with Crippen LogP contribution in [0.5, 0.6) is 0 Å². The van der Waals surface area contributed by atoms with E-state index in [9.17, 15) is 4.79 Å². The Labute approximate surface area is 87.7 Å². The lowest BCUT2D eigenvalue weighted by molar-refractivity contribution is -0.141. The van der Waals surface area contributed by atoms with Crippen molar-refractivity contribution in [2.24, 2.45) is 4.99 Å². The third-order valence-electron chi connectivity index (χ3n) is 2.57. The average molecular weight is 210 g/mol. The summed E-state index contributed by atoms with van der Waals surface area (Å²) < 4.78 is 0. The third kappa shape index (κ3) is 1.68. The smallest absolute Gasteiger partial charge is 0.326 e. The van der Waals surface area contributed by atoms with Gasteiger partial charge in [-0.15, -0.1) is 0 Å². The van der Waals surface area contributed by atoms with Gasteiger partial charge in [-0.2, -0.15) is 0 Å². The molecule has 0 fully saturated rings. The number of hydrogen-bond acceptors (Lipinski definition) is 5. The van der Waals surface area contributed by atoms with Gasteiger partial charge in [0.15, 0.2) is 0 Å². The van der Waals surface area contributed by atoms with Crippen molar-refractivity contribution in [3.05, 3.63) is 11.9 Å². The predicted octanol–water partition coefficient (Wildman–Crippen LogP) is -0.489. The first kappa shape index (κ1) is 9.97. The summed E-state index contributed by atoms with van der Waals surface area (Å²) in [4.78, 5) is 16.9. The molecule has 2 atom stereocenters. The highest BCUT2D eigenvalue weighted by molar-refractivity contribution is 5.79. The van der Waals surface area contributed by atoms with E-state index in [0.29, 0.717) is 13.1 Å². The molecule has 2 rings (SSSR count). The maximum atomic E-state index is 11.0. The number of nitrogens with one attached hydrogen (secondary N) is 2. The minimum Gasteiger partial charge on any atom is -0.480 e. The summed E-state index contributed by atoms with van der Waals surface area (Å²) in [7, 11) is 0. The monoisotopic (exact) mass is 210 g/mol. The minimum atomic E-state index is -0.823. The molecular formula is C9H14N4O2. The summed E-state index contributed by atoms with van der Waals surface area (Å²) >= 11 is 0. The number of fused-ring (bicyclic) bond motifs is 1. The fraction of sp³-hybridized carbons (Fsp3) is 0.556. The lowest BCUT2D eigenvalue weighted by atomic mass is 10.2. The highest BCUT2D eigenvalue weighted by Crippen LogP contribution is 2.21. The molecule has 0 aromatic heterocycles. The molecule has 2 aliphatic heterocycles. The zero-order valence-electron chi connectivity index (χ0n) is 8.47. The van der Waals surface area contributed by atoms with E-state index in [1.165, 1.54) is 0 Å². The van der Waals surface area contributed by atoms with Crippen molar-refractivity contribution in [1.82, 2.24) is 15.5 Å². The van der Waals surface area contributed by atoms with Gasteiger partial charge in [-0.25, -0.2) is 9.79 Å². The summed E-state index contributed by atoms with van der Waals surface area (Å²) in [6, 6.07) is -0.535. The Morgan fingerprint density at radius 2 is 2.67 bits per heavy atom. The molecule has 2 aliphatic rings. The van der Waals surface area contributed by atoms with E-state index >= 15 is 0 Å². The van der Waals surface area contributed by atoms with Gasteiger partial charge in [0.2, 0.25) is 0 Å². The lowest BCUT2D eigenvalue weighted by Gasteiger charge is -2.28. The first-order valence-corrected chi connectivity index (χ1v) is 4.95. The molecule has 82 valence electrons. The van der Waals surface area contributed by atoms with Crippen LogP contribution in [0.3, 0.4) is 0 Å². The SMILES string of the molecule is CCC(C(=O)O)N1C=NC2NCNC=C21. The van der Waals surface area contributed by atoms with Gasteiger partial charge in [0.1, 0.15) is 12.2 Å². The molecule has 0 aromatic carbocycles. The summed E-state index contributed by atoms with van der Waals surface area (Å²) in [5, 5.41) is 15.2. The number of carboxylic acids is 1. The molecule has 0 aromatic rings. The van der Waals surface area contributed by atoms with E-state index in [1.54, 1.807) is 11.2 Å². The molecule has 6 nitrogen and oxygen atoms in total. The average Bonchev–Trinajstić information content (AvgIpc) is 2.63. The van der Waals surface area contributed by atoms with Gasteiger partial charge in [-0.3, -0.25) is 5.32 Å². The standard InChI is InChI=1S/C9H14N4O2/c1-2-6(9(14)15)13-5-12-8-7(13)3-10-4-11-8/h3,5-6,8,10-11H,2,4H2,1H3,(H,14,15). The van der Waals surface area contributed by atoms with Gasteiger partial charge in [-0.05, 0) is 6.42 Å². The number of aliphatic imine (C=N–C) groups is 1. The van der Waals surface area contributed by atoms with E-state index in [1.807, 2.05) is 13.1 Å². The van der Waals surface area contributed by atoms with Crippen LogP contribution in [0.2, 0.25) is 0 Å². The Morgan fingerprint density at radius 3 is 3.33 bits per heavy atom. The van der Waals surface area contributed by atoms with Crippen LogP contribution in [0.1, 0.15) is 13.3 Å². The van der Waals surface area contributed by atoms with E-state index in [0.717, 1.165) is 5.70 Å². The molecule has 2 unspecified atom stereocenters. The van der Waals surface area contributed by atoms with Gasteiger partial charge < -0.3 is 15.3 Å². The summed E-state index contributed by atoms with van der Waals surface area (Å²) in [6.07, 6.45) is 3.86. The van der Waals surface area contributed by atoms with Crippen LogP contribution in [0, 0.1) is 0 Å². The van der Waals surface area contributed by atoms with E-state index in [2.05, 4.69) is 15.6 Å². The molecule has 0 saturated carbocycles. The maximum Gasteiger partial charge on any atom is 0.326 e. The van der Waals surface area contributed by atoms with Crippen LogP contribution in [-0.2, 0) is 4.79 Å². The molecule has 2 heterocycles. The quantitative estimate of drug-likeness (QED) is 0.586. The summed E-state index contributed by atoms with van der Waals surface area (Å²) in [5.41, 5.74) is 0.871. The van der Waals surface area contributed by atoms with Crippen molar-refractivity contribution in [3.8, 4) is 0 Å². The minimum absolute atomic E-state index is 0.0975. The second-order valence-electron chi connectivity index (χ2n) is 3.49. The summed E-state index contributed by atoms with van der Waals surface area (Å²) in [6.45, 7) is 2.51. The van der Waals surface area contributed by atoms with E-state index < -0.39 is 12.0 Å². The number of carboxylic acid groups (broad SMARTS) is 1. The highest BCUT2D eigenvalue weighted by atomic mass is 16.4.